The summed E-state index contributed by atoms with van der Waals surface area (Å²) in [4.78, 5) is 2.43. The van der Waals surface area contributed by atoms with Crippen LogP contribution in [0.3, 0.4) is 0 Å². The molecule has 2 heteroatoms. The quantitative estimate of drug-likeness (QED) is 0.169. The summed E-state index contributed by atoms with van der Waals surface area (Å²) in [6.45, 7) is 0. The third-order valence-electron chi connectivity index (χ3n) is 10.2. The third-order valence-corrected chi connectivity index (χ3v) is 11.3. The Morgan fingerprint density at radius 3 is 1.69 bits per heavy atom. The average molecular weight is 680 g/mol. The lowest BCUT2D eigenvalue weighted by atomic mass is 9.96. The molecule has 0 fully saturated rings. The van der Waals surface area contributed by atoms with Crippen molar-refractivity contribution in [2.45, 2.75) is 0 Å². The number of rotatable bonds is 6. The second kappa shape index (κ2) is 12.7. The Balaban J connectivity index is 1.10. The van der Waals surface area contributed by atoms with Crippen molar-refractivity contribution in [2.75, 3.05) is 4.90 Å². The Kier molecular flexibility index (Phi) is 7.41. The molecule has 0 aliphatic carbocycles. The number of benzene rings is 9. The molecule has 10 aromatic rings. The number of nitrogens with zero attached hydrogens (tertiary/aromatic N) is 1. The molecular formula is C50H33NS. The second-order valence-corrected chi connectivity index (χ2v) is 14.5. The Bertz CT molecular complexity index is 2920. The lowest BCUT2D eigenvalue weighted by Crippen LogP contribution is -2.11. The van der Waals surface area contributed by atoms with E-state index in [4.69, 9.17) is 0 Å². The van der Waals surface area contributed by atoms with Crippen molar-refractivity contribution in [3.05, 3.63) is 200 Å². The molecule has 0 radical (unpaired) electrons. The average Bonchev–Trinajstić information content (AvgIpc) is 3.59. The minimum atomic E-state index is 1.12. The van der Waals surface area contributed by atoms with Gasteiger partial charge in [0.25, 0.3) is 0 Å². The van der Waals surface area contributed by atoms with Gasteiger partial charge in [-0.15, -0.1) is 11.3 Å². The summed E-state index contributed by atoms with van der Waals surface area (Å²) < 4.78 is 2.60. The molecule has 0 saturated heterocycles. The van der Waals surface area contributed by atoms with Gasteiger partial charge in [0.15, 0.2) is 0 Å². The van der Waals surface area contributed by atoms with E-state index in [1.54, 1.807) is 0 Å². The van der Waals surface area contributed by atoms with Gasteiger partial charge < -0.3 is 4.90 Å². The molecule has 1 heterocycles. The Morgan fingerprint density at radius 2 is 0.885 bits per heavy atom. The molecule has 0 amide bonds. The van der Waals surface area contributed by atoms with Crippen LogP contribution in [0.25, 0.3) is 75.1 Å². The zero-order valence-electron chi connectivity index (χ0n) is 28.4. The van der Waals surface area contributed by atoms with E-state index in [1.807, 2.05) is 11.3 Å². The van der Waals surface area contributed by atoms with Gasteiger partial charge >= 0.3 is 0 Å². The van der Waals surface area contributed by atoms with Crippen LogP contribution in [-0.2, 0) is 0 Å². The highest BCUT2D eigenvalue weighted by Gasteiger charge is 2.19. The molecule has 0 N–H and O–H groups in total. The molecule has 10 rings (SSSR count). The molecule has 52 heavy (non-hydrogen) atoms. The first-order chi connectivity index (χ1) is 25.7. The predicted molar refractivity (Wildman–Crippen MR) is 225 cm³/mol. The van der Waals surface area contributed by atoms with Gasteiger partial charge in [-0.25, -0.2) is 0 Å². The summed E-state index contributed by atoms with van der Waals surface area (Å²) >= 11 is 1.86. The van der Waals surface area contributed by atoms with Crippen LogP contribution in [0.15, 0.2) is 200 Å². The Morgan fingerprint density at radius 1 is 0.308 bits per heavy atom. The topological polar surface area (TPSA) is 3.24 Å². The van der Waals surface area contributed by atoms with Crippen LogP contribution in [0.5, 0.6) is 0 Å². The molecule has 0 unspecified atom stereocenters. The zero-order valence-corrected chi connectivity index (χ0v) is 29.2. The minimum absolute atomic E-state index is 1.12. The molecule has 0 aliphatic rings. The number of hydrogen-bond acceptors (Lipinski definition) is 2. The van der Waals surface area contributed by atoms with Crippen LogP contribution in [0.4, 0.5) is 17.1 Å². The highest BCUT2D eigenvalue weighted by molar-refractivity contribution is 7.25. The fourth-order valence-electron chi connectivity index (χ4n) is 7.61. The monoisotopic (exact) mass is 679 g/mol. The molecule has 0 atom stereocenters. The fourth-order valence-corrected chi connectivity index (χ4v) is 8.75. The molecule has 244 valence electrons. The van der Waals surface area contributed by atoms with Crippen molar-refractivity contribution in [2.24, 2.45) is 0 Å². The van der Waals surface area contributed by atoms with Gasteiger partial charge in [-0.3, -0.25) is 0 Å². The zero-order chi connectivity index (χ0) is 34.4. The minimum Gasteiger partial charge on any atom is -0.310 e. The summed E-state index contributed by atoms with van der Waals surface area (Å²) in [5, 5.41) is 7.60. The van der Waals surface area contributed by atoms with E-state index < -0.39 is 0 Å². The van der Waals surface area contributed by atoms with Crippen LogP contribution in [-0.4, -0.2) is 0 Å². The maximum absolute atomic E-state index is 2.43. The molecule has 1 aromatic heterocycles. The molecule has 0 bridgehead atoms. The van der Waals surface area contributed by atoms with Crippen LogP contribution < -0.4 is 4.90 Å². The van der Waals surface area contributed by atoms with Crippen LogP contribution >= 0.6 is 11.3 Å². The lowest BCUT2D eigenvalue weighted by Gasteiger charge is -2.28. The second-order valence-electron chi connectivity index (χ2n) is 13.4. The van der Waals surface area contributed by atoms with Crippen molar-refractivity contribution >= 4 is 70.1 Å². The van der Waals surface area contributed by atoms with Gasteiger partial charge in [0.1, 0.15) is 0 Å². The molecule has 9 aromatic carbocycles. The summed E-state index contributed by atoms with van der Waals surface area (Å²) in [6.07, 6.45) is 0. The molecular weight excluding hydrogens is 647 g/mol. The van der Waals surface area contributed by atoms with E-state index in [0.717, 1.165) is 17.1 Å². The molecule has 0 aliphatic heterocycles. The van der Waals surface area contributed by atoms with Crippen molar-refractivity contribution in [3.63, 3.8) is 0 Å². The van der Waals surface area contributed by atoms with Gasteiger partial charge in [0, 0.05) is 37.1 Å². The highest BCUT2D eigenvalue weighted by atomic mass is 32.1. The number of thiophene rings is 1. The van der Waals surface area contributed by atoms with E-state index in [0.29, 0.717) is 0 Å². The van der Waals surface area contributed by atoms with E-state index >= 15 is 0 Å². The molecule has 0 saturated carbocycles. The van der Waals surface area contributed by atoms with Crippen molar-refractivity contribution in [3.8, 4) is 33.4 Å². The van der Waals surface area contributed by atoms with E-state index in [-0.39, 0.29) is 0 Å². The van der Waals surface area contributed by atoms with Gasteiger partial charge in [-0.05, 0) is 104 Å². The highest BCUT2D eigenvalue weighted by Crippen LogP contribution is 2.44. The fraction of sp³-hybridized carbons (Fsp3) is 0. The Hall–Kier alpha value is -6.48. The summed E-state index contributed by atoms with van der Waals surface area (Å²) in [7, 11) is 0. The third kappa shape index (κ3) is 5.42. The molecule has 0 spiro atoms. The standard InChI is InChI=1S/C50H33NS/c1-2-12-36(13-3-1)45-17-6-8-19-48(45)51(44-27-28-47-46-18-7-9-20-49(46)52-50(47)33-44)43-16-10-15-38(32-43)40-25-22-35-23-26-41(31-42(35)30-40)39-24-21-34-11-4-5-14-37(34)29-39/h1-33H. The lowest BCUT2D eigenvalue weighted by molar-refractivity contribution is 1.29. The van der Waals surface area contributed by atoms with Crippen molar-refractivity contribution < 1.29 is 0 Å². The number of anilines is 3. The van der Waals surface area contributed by atoms with Gasteiger partial charge in [0.05, 0.1) is 5.69 Å². The van der Waals surface area contributed by atoms with Gasteiger partial charge in [0.2, 0.25) is 0 Å². The van der Waals surface area contributed by atoms with E-state index in [1.165, 1.54) is 75.1 Å². The van der Waals surface area contributed by atoms with E-state index in [9.17, 15) is 0 Å². The normalized spacial score (nSPS) is 11.5. The van der Waals surface area contributed by atoms with Gasteiger partial charge in [-0.1, -0.05) is 146 Å². The smallest absolute Gasteiger partial charge is 0.0540 e. The van der Waals surface area contributed by atoms with Crippen LogP contribution in [0.1, 0.15) is 0 Å². The number of para-hydroxylation sites is 1. The first-order valence-corrected chi connectivity index (χ1v) is 18.6. The first-order valence-electron chi connectivity index (χ1n) is 17.7. The SMILES string of the molecule is c1ccc(-c2ccccc2N(c2cccc(-c3ccc4ccc(-c5ccc6ccccc6c5)cc4c3)c2)c2ccc3c(c2)sc2ccccc23)cc1. The maximum Gasteiger partial charge on any atom is 0.0540 e. The van der Waals surface area contributed by atoms with Gasteiger partial charge in [-0.2, -0.15) is 0 Å². The van der Waals surface area contributed by atoms with Crippen LogP contribution in [0, 0.1) is 0 Å². The maximum atomic E-state index is 2.43. The summed E-state index contributed by atoms with van der Waals surface area (Å²) in [5.74, 6) is 0. The summed E-state index contributed by atoms with van der Waals surface area (Å²) in [6, 6.07) is 73.1. The largest absolute Gasteiger partial charge is 0.310 e. The van der Waals surface area contributed by atoms with E-state index in [2.05, 4.69) is 205 Å². The summed E-state index contributed by atoms with van der Waals surface area (Å²) in [5.41, 5.74) is 10.6. The number of hydrogen-bond donors (Lipinski definition) is 0. The first kappa shape index (κ1) is 30.4. The molecule has 1 nitrogen and oxygen atoms in total. The number of fused-ring (bicyclic) bond motifs is 5. The van der Waals surface area contributed by atoms with Crippen molar-refractivity contribution in [1.29, 1.82) is 0 Å². The predicted octanol–water partition coefficient (Wildman–Crippen LogP) is 14.8. The Labute approximate surface area is 307 Å². The van der Waals surface area contributed by atoms with Crippen LogP contribution in [0.2, 0.25) is 0 Å². The van der Waals surface area contributed by atoms with Crippen molar-refractivity contribution in [1.82, 2.24) is 0 Å².